The molecule has 2 aliphatic heterocycles. The third kappa shape index (κ3) is 9.25. The monoisotopic (exact) mass is 492 g/mol. The van der Waals surface area contributed by atoms with Gasteiger partial charge in [-0.1, -0.05) is 25.0 Å². The molecule has 2 heterocycles. The molecule has 4 rings (SSSR count). The molecule has 2 aliphatic rings. The summed E-state index contributed by atoms with van der Waals surface area (Å²) in [7, 11) is 0. The molecule has 0 spiro atoms. The Bertz CT molecular complexity index is 885. The van der Waals surface area contributed by atoms with E-state index >= 15 is 0 Å². The molecular formula is C31H44N2O3. The SMILES string of the molecule is O=C(CCc1ccc(OCCCN2CCCCC2)cc1)c1ccc(OCCCN2CCCCC2)cc1. The zero-order valence-electron chi connectivity index (χ0n) is 22.0. The molecule has 0 bridgehead atoms. The smallest absolute Gasteiger partial charge is 0.163 e. The van der Waals surface area contributed by atoms with Crippen molar-refractivity contribution in [1.82, 2.24) is 9.80 Å². The second-order valence-electron chi connectivity index (χ2n) is 10.3. The molecule has 0 aliphatic carbocycles. The highest BCUT2D eigenvalue weighted by molar-refractivity contribution is 5.96. The number of aryl methyl sites for hydroxylation is 1. The molecular weight excluding hydrogens is 448 g/mol. The molecule has 5 nitrogen and oxygen atoms in total. The quantitative estimate of drug-likeness (QED) is 0.239. The lowest BCUT2D eigenvalue weighted by atomic mass is 10.0. The fraction of sp³-hybridized carbons (Fsp3) is 0.581. The summed E-state index contributed by atoms with van der Waals surface area (Å²) >= 11 is 0. The lowest BCUT2D eigenvalue weighted by molar-refractivity contribution is 0.0983. The van der Waals surface area contributed by atoms with Crippen LogP contribution in [0.2, 0.25) is 0 Å². The number of ether oxygens (including phenoxy) is 2. The van der Waals surface area contributed by atoms with E-state index in [9.17, 15) is 4.79 Å². The first-order chi connectivity index (χ1) is 17.8. The molecule has 0 atom stereocenters. The minimum Gasteiger partial charge on any atom is -0.494 e. The number of carbonyl (C=O) groups is 1. The summed E-state index contributed by atoms with van der Waals surface area (Å²) in [5.74, 6) is 1.93. The van der Waals surface area contributed by atoms with Crippen LogP contribution in [0, 0.1) is 0 Å². The molecule has 0 amide bonds. The lowest BCUT2D eigenvalue weighted by Crippen LogP contribution is -2.31. The zero-order chi connectivity index (χ0) is 24.8. The molecule has 0 saturated carbocycles. The van der Waals surface area contributed by atoms with Crippen LogP contribution in [0.4, 0.5) is 0 Å². The van der Waals surface area contributed by atoms with Crippen LogP contribution < -0.4 is 9.47 Å². The van der Waals surface area contributed by atoms with Crippen LogP contribution in [0.5, 0.6) is 11.5 Å². The molecule has 0 aromatic heterocycles. The Labute approximate surface area is 217 Å². The number of ketones is 1. The van der Waals surface area contributed by atoms with Crippen molar-refractivity contribution in [1.29, 1.82) is 0 Å². The van der Waals surface area contributed by atoms with Gasteiger partial charge in [0.05, 0.1) is 13.2 Å². The minimum atomic E-state index is 0.171. The maximum absolute atomic E-state index is 12.7. The summed E-state index contributed by atoms with van der Waals surface area (Å²) in [6.45, 7) is 8.67. The van der Waals surface area contributed by atoms with Crippen molar-refractivity contribution in [2.75, 3.05) is 52.5 Å². The Morgan fingerprint density at radius 1 is 0.639 bits per heavy atom. The van der Waals surface area contributed by atoms with Gasteiger partial charge in [0.25, 0.3) is 0 Å². The first kappa shape index (κ1) is 26.7. The average molecular weight is 493 g/mol. The molecule has 36 heavy (non-hydrogen) atoms. The van der Waals surface area contributed by atoms with E-state index in [-0.39, 0.29) is 5.78 Å². The van der Waals surface area contributed by atoms with Crippen molar-refractivity contribution in [2.24, 2.45) is 0 Å². The number of rotatable bonds is 14. The normalized spacial score (nSPS) is 17.1. The number of hydrogen-bond donors (Lipinski definition) is 0. The van der Waals surface area contributed by atoms with Gasteiger partial charge < -0.3 is 19.3 Å². The van der Waals surface area contributed by atoms with Crippen LogP contribution >= 0.6 is 0 Å². The van der Waals surface area contributed by atoms with Gasteiger partial charge in [0.1, 0.15) is 11.5 Å². The van der Waals surface area contributed by atoms with Crippen molar-refractivity contribution in [2.45, 2.75) is 64.2 Å². The van der Waals surface area contributed by atoms with Gasteiger partial charge in [0.15, 0.2) is 5.78 Å². The highest BCUT2D eigenvalue weighted by atomic mass is 16.5. The largest absolute Gasteiger partial charge is 0.494 e. The summed E-state index contributed by atoms with van der Waals surface area (Å²) in [5, 5.41) is 0. The summed E-state index contributed by atoms with van der Waals surface area (Å²) in [5.41, 5.74) is 1.92. The minimum absolute atomic E-state index is 0.171. The highest BCUT2D eigenvalue weighted by Gasteiger charge is 2.11. The van der Waals surface area contributed by atoms with Crippen molar-refractivity contribution >= 4 is 5.78 Å². The van der Waals surface area contributed by atoms with Gasteiger partial charge >= 0.3 is 0 Å². The Morgan fingerprint density at radius 3 is 1.61 bits per heavy atom. The van der Waals surface area contributed by atoms with E-state index < -0.39 is 0 Å². The van der Waals surface area contributed by atoms with Crippen molar-refractivity contribution in [3.63, 3.8) is 0 Å². The number of piperidine rings is 2. The van der Waals surface area contributed by atoms with E-state index in [2.05, 4.69) is 21.9 Å². The third-order valence-corrected chi connectivity index (χ3v) is 7.41. The summed E-state index contributed by atoms with van der Waals surface area (Å²) in [4.78, 5) is 17.7. The highest BCUT2D eigenvalue weighted by Crippen LogP contribution is 2.18. The summed E-state index contributed by atoms with van der Waals surface area (Å²) < 4.78 is 11.8. The molecule has 0 unspecified atom stereocenters. The van der Waals surface area contributed by atoms with Gasteiger partial charge in [0, 0.05) is 25.1 Å². The van der Waals surface area contributed by atoms with Gasteiger partial charge in [-0.3, -0.25) is 4.79 Å². The number of benzene rings is 2. The Hall–Kier alpha value is -2.37. The van der Waals surface area contributed by atoms with Crippen LogP contribution in [0.1, 0.15) is 73.7 Å². The molecule has 196 valence electrons. The van der Waals surface area contributed by atoms with E-state index in [1.165, 1.54) is 64.7 Å². The van der Waals surface area contributed by atoms with Crippen LogP contribution in [-0.2, 0) is 6.42 Å². The predicted octanol–water partition coefficient (Wildman–Crippen LogP) is 6.01. The van der Waals surface area contributed by atoms with Gasteiger partial charge in [-0.15, -0.1) is 0 Å². The second kappa shape index (κ2) is 15.0. The van der Waals surface area contributed by atoms with Gasteiger partial charge in [-0.25, -0.2) is 0 Å². The van der Waals surface area contributed by atoms with Gasteiger partial charge in [-0.2, -0.15) is 0 Å². The fourth-order valence-corrected chi connectivity index (χ4v) is 5.21. The fourth-order valence-electron chi connectivity index (χ4n) is 5.21. The Morgan fingerprint density at radius 2 is 1.11 bits per heavy atom. The maximum Gasteiger partial charge on any atom is 0.163 e. The first-order valence-electron chi connectivity index (χ1n) is 14.2. The van der Waals surface area contributed by atoms with Crippen molar-refractivity contribution < 1.29 is 14.3 Å². The standard InChI is InChI=1S/C31H44N2O3/c34-31(28-12-16-30(17-13-28)36-26-8-24-33-21-5-2-6-22-33)18-11-27-9-14-29(15-10-27)35-25-7-23-32-19-3-1-4-20-32/h9-10,12-17H,1-8,11,18-26H2. The predicted molar refractivity (Wildman–Crippen MR) is 146 cm³/mol. The number of nitrogens with zero attached hydrogens (tertiary/aromatic N) is 2. The molecule has 2 fully saturated rings. The topological polar surface area (TPSA) is 42.0 Å². The Kier molecular flexibility index (Phi) is 11.1. The number of likely N-dealkylation sites (tertiary alicyclic amines) is 2. The van der Waals surface area contributed by atoms with Crippen molar-refractivity contribution in [3.05, 3.63) is 59.7 Å². The van der Waals surface area contributed by atoms with Crippen LogP contribution in [0.15, 0.2) is 48.5 Å². The molecule has 2 saturated heterocycles. The Balaban J connectivity index is 1.10. The van der Waals surface area contributed by atoms with Gasteiger partial charge in [0.2, 0.25) is 0 Å². The van der Waals surface area contributed by atoms with E-state index in [0.717, 1.165) is 68.2 Å². The lowest BCUT2D eigenvalue weighted by Gasteiger charge is -2.26. The van der Waals surface area contributed by atoms with E-state index in [4.69, 9.17) is 9.47 Å². The second-order valence-corrected chi connectivity index (χ2v) is 10.3. The van der Waals surface area contributed by atoms with E-state index in [1.54, 1.807) is 0 Å². The maximum atomic E-state index is 12.7. The molecule has 5 heteroatoms. The van der Waals surface area contributed by atoms with E-state index in [1.807, 2.05) is 36.4 Å². The number of carbonyl (C=O) groups excluding carboxylic acids is 1. The van der Waals surface area contributed by atoms with Crippen molar-refractivity contribution in [3.8, 4) is 11.5 Å². The molecule has 2 aromatic carbocycles. The third-order valence-electron chi connectivity index (χ3n) is 7.41. The van der Waals surface area contributed by atoms with E-state index in [0.29, 0.717) is 6.42 Å². The van der Waals surface area contributed by atoms with Crippen LogP contribution in [-0.4, -0.2) is 68.1 Å². The summed E-state index contributed by atoms with van der Waals surface area (Å²) in [6, 6.07) is 15.8. The average Bonchev–Trinajstić information content (AvgIpc) is 2.94. The molecule has 0 radical (unpaired) electrons. The number of hydrogen-bond acceptors (Lipinski definition) is 5. The zero-order valence-corrected chi connectivity index (χ0v) is 22.0. The summed E-state index contributed by atoms with van der Waals surface area (Å²) in [6.07, 6.45) is 11.4. The van der Waals surface area contributed by atoms with Gasteiger partial charge in [-0.05, 0) is 113 Å². The van der Waals surface area contributed by atoms with Crippen LogP contribution in [0.25, 0.3) is 0 Å². The number of Topliss-reactive ketones (excluding diaryl/α,β-unsaturated/α-hetero) is 1. The molecule has 2 aromatic rings. The van der Waals surface area contributed by atoms with Crippen LogP contribution in [0.3, 0.4) is 0 Å². The first-order valence-corrected chi connectivity index (χ1v) is 14.2. The molecule has 0 N–H and O–H groups in total.